The lowest BCUT2D eigenvalue weighted by atomic mass is 10.1. The molecular weight excluding hydrogens is 268 g/mol. The Morgan fingerprint density at radius 3 is 2.67 bits per heavy atom. The summed E-state index contributed by atoms with van der Waals surface area (Å²) in [6.07, 6.45) is 1.59. The number of H-pyrrole nitrogens is 1. The summed E-state index contributed by atoms with van der Waals surface area (Å²) >= 11 is 0. The molecule has 0 spiro atoms. The van der Waals surface area contributed by atoms with Gasteiger partial charge in [-0.15, -0.1) is 10.2 Å². The monoisotopic (exact) mass is 282 g/mol. The molecule has 3 rings (SSSR count). The van der Waals surface area contributed by atoms with E-state index >= 15 is 0 Å². The predicted molar refractivity (Wildman–Crippen MR) is 78.9 cm³/mol. The Kier molecular flexibility index (Phi) is 3.51. The second kappa shape index (κ2) is 5.62. The molecule has 0 aliphatic carbocycles. The summed E-state index contributed by atoms with van der Waals surface area (Å²) in [5.74, 6) is 1.06. The van der Waals surface area contributed by atoms with Gasteiger partial charge in [-0.3, -0.25) is 9.78 Å². The zero-order valence-electron chi connectivity index (χ0n) is 11.5. The Hall–Kier alpha value is -2.89. The van der Waals surface area contributed by atoms with Crippen LogP contribution in [0.2, 0.25) is 0 Å². The van der Waals surface area contributed by atoms with Crippen LogP contribution >= 0.6 is 0 Å². The van der Waals surface area contributed by atoms with Crippen molar-refractivity contribution in [3.63, 3.8) is 0 Å². The van der Waals surface area contributed by atoms with Crippen LogP contribution in [0.3, 0.4) is 0 Å². The van der Waals surface area contributed by atoms with E-state index in [1.165, 1.54) is 0 Å². The number of hydrogen-bond donors (Lipinski definition) is 2. The third kappa shape index (κ3) is 3.00. The molecule has 0 atom stereocenters. The Labute approximate surface area is 120 Å². The topological polar surface area (TPSA) is 83.8 Å². The number of aromatic nitrogens is 3. The fraction of sp³-hybridized carbons (Fsp3) is 0.133. The van der Waals surface area contributed by atoms with Gasteiger partial charge in [0, 0.05) is 5.56 Å². The van der Waals surface area contributed by atoms with Crippen LogP contribution in [0.15, 0.2) is 51.9 Å². The first-order chi connectivity index (χ1) is 10.2. The largest absolute Gasteiger partial charge is 0.467 e. The third-order valence-corrected chi connectivity index (χ3v) is 3.03. The van der Waals surface area contributed by atoms with Crippen LogP contribution in [0.4, 0.5) is 5.95 Å². The number of benzene rings is 1. The fourth-order valence-corrected chi connectivity index (χ4v) is 1.90. The maximum atomic E-state index is 12.1. The Balaban J connectivity index is 1.79. The van der Waals surface area contributed by atoms with Gasteiger partial charge in [0.15, 0.2) is 5.69 Å². The standard InChI is InChI=1S/C15H14N4O2/c1-10-4-6-11(7-5-10)13-14(20)17-15(19-18-13)16-9-12-3-2-8-21-12/h2-8H,9H2,1H3,(H2,16,17,19,20). The molecule has 0 saturated carbocycles. The van der Waals surface area contributed by atoms with Crippen molar-refractivity contribution in [1.29, 1.82) is 0 Å². The van der Waals surface area contributed by atoms with Gasteiger partial charge >= 0.3 is 0 Å². The number of rotatable bonds is 4. The highest BCUT2D eigenvalue weighted by molar-refractivity contribution is 5.58. The van der Waals surface area contributed by atoms with E-state index in [4.69, 9.17) is 4.42 Å². The Morgan fingerprint density at radius 2 is 2.00 bits per heavy atom. The molecule has 0 aliphatic rings. The molecule has 0 radical (unpaired) electrons. The minimum Gasteiger partial charge on any atom is -0.467 e. The lowest BCUT2D eigenvalue weighted by Crippen LogP contribution is -2.16. The van der Waals surface area contributed by atoms with Gasteiger partial charge in [-0.2, -0.15) is 0 Å². The molecule has 6 heteroatoms. The minimum atomic E-state index is -0.282. The smallest absolute Gasteiger partial charge is 0.279 e. The number of aryl methyl sites for hydroxylation is 1. The second-order valence-corrected chi connectivity index (χ2v) is 4.65. The van der Waals surface area contributed by atoms with Gasteiger partial charge in [0.25, 0.3) is 5.56 Å². The first kappa shape index (κ1) is 13.1. The lowest BCUT2D eigenvalue weighted by molar-refractivity contribution is 0.517. The molecule has 2 heterocycles. The number of nitrogens with one attached hydrogen (secondary N) is 2. The molecular formula is C15H14N4O2. The molecule has 2 N–H and O–H groups in total. The molecule has 0 aliphatic heterocycles. The van der Waals surface area contributed by atoms with E-state index in [1.807, 2.05) is 37.3 Å². The predicted octanol–water partition coefficient (Wildman–Crippen LogP) is 2.35. The highest BCUT2D eigenvalue weighted by atomic mass is 16.3. The van der Waals surface area contributed by atoms with Crippen LogP contribution in [0.1, 0.15) is 11.3 Å². The molecule has 0 unspecified atom stereocenters. The van der Waals surface area contributed by atoms with Gasteiger partial charge in [0.2, 0.25) is 5.95 Å². The highest BCUT2D eigenvalue weighted by Gasteiger charge is 2.07. The normalized spacial score (nSPS) is 10.5. The summed E-state index contributed by atoms with van der Waals surface area (Å²) in [6, 6.07) is 11.2. The number of aromatic amines is 1. The van der Waals surface area contributed by atoms with Crippen molar-refractivity contribution in [2.24, 2.45) is 0 Å². The fourth-order valence-electron chi connectivity index (χ4n) is 1.90. The molecule has 1 aromatic carbocycles. The Bertz CT molecular complexity index is 776. The molecule has 0 bridgehead atoms. The van der Waals surface area contributed by atoms with E-state index in [-0.39, 0.29) is 5.56 Å². The van der Waals surface area contributed by atoms with E-state index in [2.05, 4.69) is 20.5 Å². The average Bonchev–Trinajstić information content (AvgIpc) is 3.00. The molecule has 0 amide bonds. The zero-order chi connectivity index (χ0) is 14.7. The van der Waals surface area contributed by atoms with Gasteiger partial charge in [-0.25, -0.2) is 0 Å². The van der Waals surface area contributed by atoms with Crippen LogP contribution in [0.25, 0.3) is 11.3 Å². The lowest BCUT2D eigenvalue weighted by Gasteiger charge is -2.04. The second-order valence-electron chi connectivity index (χ2n) is 4.65. The molecule has 0 saturated heterocycles. The Morgan fingerprint density at radius 1 is 1.19 bits per heavy atom. The van der Waals surface area contributed by atoms with Gasteiger partial charge in [-0.05, 0) is 19.1 Å². The van der Waals surface area contributed by atoms with Gasteiger partial charge in [0.1, 0.15) is 5.76 Å². The van der Waals surface area contributed by atoms with Crippen molar-refractivity contribution in [1.82, 2.24) is 15.2 Å². The van der Waals surface area contributed by atoms with E-state index in [0.717, 1.165) is 16.9 Å². The average molecular weight is 282 g/mol. The van der Waals surface area contributed by atoms with Crippen molar-refractivity contribution >= 4 is 5.95 Å². The maximum absolute atomic E-state index is 12.1. The number of furan rings is 1. The van der Waals surface area contributed by atoms with Crippen LogP contribution < -0.4 is 10.9 Å². The van der Waals surface area contributed by atoms with E-state index < -0.39 is 0 Å². The first-order valence-corrected chi connectivity index (χ1v) is 6.52. The first-order valence-electron chi connectivity index (χ1n) is 6.52. The van der Waals surface area contributed by atoms with E-state index in [9.17, 15) is 4.79 Å². The minimum absolute atomic E-state index is 0.282. The molecule has 106 valence electrons. The summed E-state index contributed by atoms with van der Waals surface area (Å²) in [7, 11) is 0. The summed E-state index contributed by atoms with van der Waals surface area (Å²) in [4.78, 5) is 14.7. The summed E-state index contributed by atoms with van der Waals surface area (Å²) < 4.78 is 5.19. The van der Waals surface area contributed by atoms with Crippen LogP contribution in [-0.4, -0.2) is 15.2 Å². The van der Waals surface area contributed by atoms with E-state index in [0.29, 0.717) is 18.2 Å². The van der Waals surface area contributed by atoms with Gasteiger partial charge < -0.3 is 9.73 Å². The quantitative estimate of drug-likeness (QED) is 0.767. The molecule has 21 heavy (non-hydrogen) atoms. The maximum Gasteiger partial charge on any atom is 0.279 e. The molecule has 3 aromatic rings. The van der Waals surface area contributed by atoms with Crippen LogP contribution in [0, 0.1) is 6.92 Å². The molecule has 0 fully saturated rings. The van der Waals surface area contributed by atoms with Crippen molar-refractivity contribution in [2.45, 2.75) is 13.5 Å². The van der Waals surface area contributed by atoms with E-state index in [1.54, 1.807) is 12.3 Å². The highest BCUT2D eigenvalue weighted by Crippen LogP contribution is 2.13. The summed E-state index contributed by atoms with van der Waals surface area (Å²) in [5.41, 5.74) is 1.89. The van der Waals surface area contributed by atoms with Crippen molar-refractivity contribution in [2.75, 3.05) is 5.32 Å². The van der Waals surface area contributed by atoms with Crippen molar-refractivity contribution in [3.8, 4) is 11.3 Å². The van der Waals surface area contributed by atoms with Crippen molar-refractivity contribution in [3.05, 3.63) is 64.3 Å². The third-order valence-electron chi connectivity index (χ3n) is 3.03. The number of anilines is 1. The van der Waals surface area contributed by atoms with Crippen LogP contribution in [-0.2, 0) is 6.54 Å². The SMILES string of the molecule is Cc1ccc(-c2nnc(NCc3ccco3)[nH]c2=O)cc1. The van der Waals surface area contributed by atoms with Gasteiger partial charge in [-0.1, -0.05) is 29.8 Å². The van der Waals surface area contributed by atoms with Crippen molar-refractivity contribution < 1.29 is 4.42 Å². The van der Waals surface area contributed by atoms with Crippen LogP contribution in [0.5, 0.6) is 0 Å². The zero-order valence-corrected chi connectivity index (χ0v) is 11.5. The number of hydrogen-bond acceptors (Lipinski definition) is 5. The summed E-state index contributed by atoms with van der Waals surface area (Å²) in [5, 5.41) is 10.9. The number of nitrogens with zero attached hydrogens (tertiary/aromatic N) is 2. The molecule has 6 nitrogen and oxygen atoms in total. The van der Waals surface area contributed by atoms with Gasteiger partial charge in [0.05, 0.1) is 12.8 Å². The summed E-state index contributed by atoms with van der Waals surface area (Å²) in [6.45, 7) is 2.42. The molecule has 2 aromatic heterocycles.